The van der Waals surface area contributed by atoms with Crippen LogP contribution in [-0.4, -0.2) is 26.4 Å². The Labute approximate surface area is 155 Å². The van der Waals surface area contributed by atoms with Gasteiger partial charge >= 0.3 is 12.1 Å². The van der Waals surface area contributed by atoms with Crippen molar-refractivity contribution >= 4 is 34.8 Å². The molecule has 2 aromatic heterocycles. The standard InChI is InChI=1S/C17H11ClF3N3O3/c18-12-5-9(17(19,20)21)7-24-8-10(22-15(12)24)6-14(25)23-13-4-2-1-3-11(13)16(26)27/h1-5,7-8H,6H2,(H,23,25)(H,26,27). The number of amides is 1. The Bertz CT molecular complexity index is 1050. The van der Waals surface area contributed by atoms with Gasteiger partial charge in [-0.05, 0) is 18.2 Å². The molecule has 0 saturated heterocycles. The van der Waals surface area contributed by atoms with Crippen LogP contribution in [0.3, 0.4) is 0 Å². The molecular weight excluding hydrogens is 387 g/mol. The molecule has 0 atom stereocenters. The molecule has 0 aliphatic heterocycles. The van der Waals surface area contributed by atoms with E-state index < -0.39 is 23.6 Å². The van der Waals surface area contributed by atoms with Gasteiger partial charge in [-0.15, -0.1) is 0 Å². The fourth-order valence-corrected chi connectivity index (χ4v) is 2.74. The molecule has 27 heavy (non-hydrogen) atoms. The first-order valence-corrected chi connectivity index (χ1v) is 7.89. The largest absolute Gasteiger partial charge is 0.478 e. The highest BCUT2D eigenvalue weighted by molar-refractivity contribution is 6.33. The predicted octanol–water partition coefficient (Wildman–Crippen LogP) is 3.89. The molecule has 0 spiro atoms. The molecule has 2 heterocycles. The quantitative estimate of drug-likeness (QED) is 0.699. The lowest BCUT2D eigenvalue weighted by molar-refractivity contribution is -0.137. The fraction of sp³-hybridized carbons (Fsp3) is 0.118. The van der Waals surface area contributed by atoms with Crippen molar-refractivity contribution in [3.63, 3.8) is 0 Å². The number of pyridine rings is 1. The number of carbonyl (C=O) groups excluding carboxylic acids is 1. The molecule has 3 aromatic rings. The number of imidazole rings is 1. The molecule has 3 rings (SSSR count). The van der Waals surface area contributed by atoms with Crippen LogP contribution >= 0.6 is 11.6 Å². The zero-order chi connectivity index (χ0) is 19.8. The van der Waals surface area contributed by atoms with Crippen LogP contribution in [0.5, 0.6) is 0 Å². The number of fused-ring (bicyclic) bond motifs is 1. The van der Waals surface area contributed by atoms with Crippen LogP contribution in [0, 0.1) is 0 Å². The molecule has 1 amide bonds. The number of aromatic nitrogens is 2. The molecule has 0 bridgehead atoms. The van der Waals surface area contributed by atoms with Crippen molar-refractivity contribution in [1.29, 1.82) is 0 Å². The average Bonchev–Trinajstić information content (AvgIpc) is 2.97. The van der Waals surface area contributed by atoms with E-state index in [2.05, 4.69) is 10.3 Å². The maximum Gasteiger partial charge on any atom is 0.417 e. The van der Waals surface area contributed by atoms with Crippen molar-refractivity contribution in [2.45, 2.75) is 12.6 Å². The predicted molar refractivity (Wildman–Crippen MR) is 90.9 cm³/mol. The monoisotopic (exact) mass is 397 g/mol. The van der Waals surface area contributed by atoms with Crippen molar-refractivity contribution < 1.29 is 27.9 Å². The fourth-order valence-electron chi connectivity index (χ4n) is 2.49. The van der Waals surface area contributed by atoms with Gasteiger partial charge in [0, 0.05) is 12.4 Å². The number of benzene rings is 1. The highest BCUT2D eigenvalue weighted by Crippen LogP contribution is 2.32. The summed E-state index contributed by atoms with van der Waals surface area (Å²) < 4.78 is 39.7. The third-order valence-electron chi connectivity index (χ3n) is 3.66. The molecule has 0 fully saturated rings. The van der Waals surface area contributed by atoms with Gasteiger partial charge in [-0.2, -0.15) is 13.2 Å². The molecule has 0 radical (unpaired) electrons. The van der Waals surface area contributed by atoms with Gasteiger partial charge in [0.25, 0.3) is 0 Å². The van der Waals surface area contributed by atoms with E-state index in [1.807, 2.05) is 0 Å². The zero-order valence-electron chi connectivity index (χ0n) is 13.4. The summed E-state index contributed by atoms with van der Waals surface area (Å²) in [6.07, 6.45) is -2.75. The summed E-state index contributed by atoms with van der Waals surface area (Å²) >= 11 is 5.85. The number of carbonyl (C=O) groups is 2. The lowest BCUT2D eigenvalue weighted by Crippen LogP contribution is -2.16. The first-order valence-electron chi connectivity index (χ1n) is 7.51. The summed E-state index contributed by atoms with van der Waals surface area (Å²) in [4.78, 5) is 27.4. The van der Waals surface area contributed by atoms with Gasteiger partial charge in [0.2, 0.25) is 5.91 Å². The average molecular weight is 398 g/mol. The number of hydrogen-bond acceptors (Lipinski definition) is 3. The van der Waals surface area contributed by atoms with E-state index in [1.54, 1.807) is 6.07 Å². The van der Waals surface area contributed by atoms with Crippen LogP contribution in [-0.2, 0) is 17.4 Å². The Kier molecular flexibility index (Phi) is 4.79. The minimum absolute atomic E-state index is 0.0819. The van der Waals surface area contributed by atoms with Crippen LogP contribution in [0.25, 0.3) is 5.65 Å². The minimum Gasteiger partial charge on any atom is -0.478 e. The van der Waals surface area contributed by atoms with Crippen molar-refractivity contribution in [2.24, 2.45) is 0 Å². The third-order valence-corrected chi connectivity index (χ3v) is 3.93. The van der Waals surface area contributed by atoms with Crippen molar-refractivity contribution in [2.75, 3.05) is 5.32 Å². The van der Waals surface area contributed by atoms with Crippen LogP contribution in [0.2, 0.25) is 5.02 Å². The van der Waals surface area contributed by atoms with E-state index >= 15 is 0 Å². The van der Waals surface area contributed by atoms with Gasteiger partial charge < -0.3 is 14.8 Å². The van der Waals surface area contributed by atoms with Crippen LogP contribution in [0.4, 0.5) is 18.9 Å². The minimum atomic E-state index is -4.57. The smallest absolute Gasteiger partial charge is 0.417 e. The molecule has 10 heteroatoms. The molecule has 0 aliphatic rings. The number of halogens is 4. The molecule has 2 N–H and O–H groups in total. The van der Waals surface area contributed by atoms with Crippen LogP contribution in [0.1, 0.15) is 21.6 Å². The zero-order valence-corrected chi connectivity index (χ0v) is 14.2. The van der Waals surface area contributed by atoms with Crippen LogP contribution in [0.15, 0.2) is 42.7 Å². The Morgan fingerprint density at radius 3 is 2.59 bits per heavy atom. The van der Waals surface area contributed by atoms with E-state index in [0.29, 0.717) is 0 Å². The number of anilines is 1. The Balaban J connectivity index is 1.84. The molecule has 140 valence electrons. The summed E-state index contributed by atoms with van der Waals surface area (Å²) in [6.45, 7) is 0. The maximum atomic E-state index is 12.9. The number of carboxylic acid groups (broad SMARTS) is 1. The SMILES string of the molecule is O=C(Cc1cn2cc(C(F)(F)F)cc(Cl)c2n1)Nc1ccccc1C(=O)O. The molecule has 0 saturated carbocycles. The first kappa shape index (κ1) is 18.7. The third kappa shape index (κ3) is 4.03. The topological polar surface area (TPSA) is 83.7 Å². The molecule has 0 aliphatic carbocycles. The second-order valence-electron chi connectivity index (χ2n) is 5.61. The molecule has 1 aromatic carbocycles. The van der Waals surface area contributed by atoms with E-state index in [4.69, 9.17) is 16.7 Å². The van der Waals surface area contributed by atoms with E-state index in [-0.39, 0.29) is 34.0 Å². The number of nitrogens with zero attached hydrogens (tertiary/aromatic N) is 2. The van der Waals surface area contributed by atoms with E-state index in [1.165, 1.54) is 24.4 Å². The van der Waals surface area contributed by atoms with Gasteiger partial charge in [-0.1, -0.05) is 23.7 Å². The molecule has 0 unspecified atom stereocenters. The van der Waals surface area contributed by atoms with Gasteiger partial charge in [-0.25, -0.2) is 9.78 Å². The lowest BCUT2D eigenvalue weighted by atomic mass is 10.1. The van der Waals surface area contributed by atoms with Crippen molar-refractivity contribution in [3.8, 4) is 0 Å². The number of hydrogen-bond donors (Lipinski definition) is 2. The number of alkyl halides is 3. The number of carboxylic acids is 1. The second kappa shape index (κ2) is 6.92. The Morgan fingerprint density at radius 2 is 1.93 bits per heavy atom. The number of rotatable bonds is 4. The van der Waals surface area contributed by atoms with Crippen LogP contribution < -0.4 is 5.32 Å². The first-order chi connectivity index (χ1) is 12.6. The van der Waals surface area contributed by atoms with Gasteiger partial charge in [-0.3, -0.25) is 4.79 Å². The number of aromatic carboxylic acids is 1. The summed E-state index contributed by atoms with van der Waals surface area (Å²) in [5.74, 6) is -1.77. The number of para-hydroxylation sites is 1. The number of nitrogens with one attached hydrogen (secondary N) is 1. The Morgan fingerprint density at radius 1 is 1.22 bits per heavy atom. The summed E-state index contributed by atoms with van der Waals surface area (Å²) in [5, 5.41) is 11.4. The maximum absolute atomic E-state index is 12.9. The summed E-state index contributed by atoms with van der Waals surface area (Å²) in [6, 6.07) is 6.60. The summed E-state index contributed by atoms with van der Waals surface area (Å²) in [5.41, 5.74) is -0.654. The summed E-state index contributed by atoms with van der Waals surface area (Å²) in [7, 11) is 0. The molecular formula is C17H11ClF3N3O3. The van der Waals surface area contributed by atoms with E-state index in [0.717, 1.165) is 16.7 Å². The molecule has 6 nitrogen and oxygen atoms in total. The normalized spacial score (nSPS) is 11.6. The lowest BCUT2D eigenvalue weighted by Gasteiger charge is -2.07. The van der Waals surface area contributed by atoms with Crippen molar-refractivity contribution in [3.05, 3.63) is 64.6 Å². The highest BCUT2D eigenvalue weighted by Gasteiger charge is 2.32. The van der Waals surface area contributed by atoms with Gasteiger partial charge in [0.05, 0.1) is 34.0 Å². The Hall–Kier alpha value is -3.07. The second-order valence-corrected chi connectivity index (χ2v) is 6.02. The van der Waals surface area contributed by atoms with E-state index in [9.17, 15) is 22.8 Å². The van der Waals surface area contributed by atoms with Gasteiger partial charge in [0.1, 0.15) is 0 Å². The van der Waals surface area contributed by atoms with Gasteiger partial charge in [0.15, 0.2) is 5.65 Å². The highest BCUT2D eigenvalue weighted by atomic mass is 35.5. The van der Waals surface area contributed by atoms with Crippen molar-refractivity contribution in [1.82, 2.24) is 9.38 Å².